The highest BCUT2D eigenvalue weighted by atomic mass is 31.2. The van der Waals surface area contributed by atoms with Crippen molar-refractivity contribution in [2.24, 2.45) is 0 Å². The number of rotatable bonds is 16. The van der Waals surface area contributed by atoms with E-state index in [1.807, 2.05) is 98.2 Å². The third kappa shape index (κ3) is 18.1. The van der Waals surface area contributed by atoms with Gasteiger partial charge in [0.1, 0.15) is 12.2 Å². The van der Waals surface area contributed by atoms with Crippen molar-refractivity contribution in [3.63, 3.8) is 0 Å². The normalized spacial score (nSPS) is 16.4. The standard InChI is InChI=1S/C20H51O8PSi5/c1-30(2,3)24-16-18(21)20(26-32(7,8)9)19(25-31(4,5)6)17-23-29(22,27-33(10,11)12)28-34(13,14)15/h19-20H,16-17H2,1-15H3. The van der Waals surface area contributed by atoms with Crippen molar-refractivity contribution in [2.75, 3.05) is 13.2 Å². The number of carbonyl (C=O) groups excluding carboxylic acids is 1. The van der Waals surface area contributed by atoms with Crippen LogP contribution in [0.2, 0.25) is 98.2 Å². The lowest BCUT2D eigenvalue weighted by Crippen LogP contribution is -2.51. The first-order chi connectivity index (χ1) is 14.7. The topological polar surface area (TPSA) is 89.5 Å². The number of ketones is 1. The zero-order chi connectivity index (χ0) is 27.4. The highest BCUT2D eigenvalue weighted by Gasteiger charge is 2.42. The average molecular weight is 591 g/mol. The molecule has 0 aromatic heterocycles. The Morgan fingerprint density at radius 2 is 1.06 bits per heavy atom. The van der Waals surface area contributed by atoms with Gasteiger partial charge in [-0.25, -0.2) is 4.57 Å². The number of hydrogen-bond acceptors (Lipinski definition) is 8. The minimum absolute atomic E-state index is 0.0507. The Balaban J connectivity index is 6.09. The van der Waals surface area contributed by atoms with E-state index < -0.39 is 61.6 Å². The Hall–Kier alpha value is 0.744. The predicted molar refractivity (Wildman–Crippen MR) is 153 cm³/mol. The van der Waals surface area contributed by atoms with Crippen LogP contribution >= 0.6 is 7.82 Å². The van der Waals surface area contributed by atoms with Gasteiger partial charge >= 0.3 is 7.82 Å². The van der Waals surface area contributed by atoms with E-state index >= 15 is 0 Å². The van der Waals surface area contributed by atoms with Gasteiger partial charge in [0.2, 0.25) is 0 Å². The highest BCUT2D eigenvalue weighted by Crippen LogP contribution is 2.54. The van der Waals surface area contributed by atoms with Gasteiger partial charge in [0.05, 0.1) is 13.2 Å². The molecule has 34 heavy (non-hydrogen) atoms. The molecule has 204 valence electrons. The molecule has 0 radical (unpaired) electrons. The molecule has 0 spiro atoms. The Labute approximate surface area is 214 Å². The zero-order valence-electron chi connectivity index (χ0n) is 24.3. The van der Waals surface area contributed by atoms with E-state index in [1.165, 1.54) is 0 Å². The fourth-order valence-corrected chi connectivity index (χ4v) is 12.0. The summed E-state index contributed by atoms with van der Waals surface area (Å²) < 4.78 is 50.0. The number of hydrogen-bond donors (Lipinski definition) is 0. The molecule has 0 aromatic rings. The van der Waals surface area contributed by atoms with E-state index in [1.54, 1.807) is 0 Å². The quantitative estimate of drug-likeness (QED) is 0.145. The van der Waals surface area contributed by atoms with E-state index in [2.05, 4.69) is 0 Å². The molecule has 0 bridgehead atoms. The average Bonchev–Trinajstić information content (AvgIpc) is 2.48. The maximum absolute atomic E-state index is 13.7. The van der Waals surface area contributed by atoms with Crippen molar-refractivity contribution in [3.8, 4) is 0 Å². The molecule has 0 aliphatic rings. The second kappa shape index (κ2) is 12.5. The molecule has 0 saturated heterocycles. The molecule has 0 amide bonds. The summed E-state index contributed by atoms with van der Waals surface area (Å²) in [6.45, 7) is 29.7. The summed E-state index contributed by atoms with van der Waals surface area (Å²) in [6.07, 6.45) is -1.64. The SMILES string of the molecule is C[Si](C)(C)OCC(=O)C(O[Si](C)(C)C)C(COP(=O)(O[Si](C)(C)C)O[Si](C)(C)C)O[Si](C)(C)C. The first-order valence-electron chi connectivity index (χ1n) is 11.9. The smallest absolute Gasteiger partial charge is 0.410 e. The molecular formula is C20H51O8PSi5. The summed E-state index contributed by atoms with van der Waals surface area (Å²) in [5.74, 6) is -0.191. The van der Waals surface area contributed by atoms with Crippen LogP contribution in [0.1, 0.15) is 0 Å². The van der Waals surface area contributed by atoms with Crippen molar-refractivity contribution in [3.05, 3.63) is 0 Å². The van der Waals surface area contributed by atoms with Crippen LogP contribution in [0.3, 0.4) is 0 Å². The van der Waals surface area contributed by atoms with Gasteiger partial charge in [-0.05, 0) is 98.2 Å². The third-order valence-electron chi connectivity index (χ3n) is 3.46. The first-order valence-corrected chi connectivity index (χ1v) is 30.4. The number of phosphoric acid groups is 1. The van der Waals surface area contributed by atoms with Crippen molar-refractivity contribution < 1.29 is 35.6 Å². The molecule has 0 rings (SSSR count). The van der Waals surface area contributed by atoms with Crippen molar-refractivity contribution in [1.82, 2.24) is 0 Å². The van der Waals surface area contributed by atoms with E-state index in [9.17, 15) is 9.36 Å². The van der Waals surface area contributed by atoms with Crippen LogP contribution in [0.5, 0.6) is 0 Å². The lowest BCUT2D eigenvalue weighted by molar-refractivity contribution is -0.134. The van der Waals surface area contributed by atoms with Gasteiger partial charge in [0, 0.05) is 0 Å². The second-order valence-corrected chi connectivity index (χ2v) is 37.9. The van der Waals surface area contributed by atoms with Crippen LogP contribution < -0.4 is 0 Å². The van der Waals surface area contributed by atoms with E-state index in [4.69, 9.17) is 26.2 Å². The zero-order valence-corrected chi connectivity index (χ0v) is 30.2. The molecule has 8 nitrogen and oxygen atoms in total. The number of Topliss-reactive ketones (excluding diaryl/α,β-unsaturated/α-hetero) is 1. The lowest BCUT2D eigenvalue weighted by atomic mass is 10.1. The summed E-state index contributed by atoms with van der Waals surface area (Å²) in [4.78, 5) is 13.3. The fraction of sp³-hybridized carbons (Fsp3) is 0.950. The maximum atomic E-state index is 13.7. The van der Waals surface area contributed by atoms with E-state index in [0.717, 1.165) is 0 Å². The van der Waals surface area contributed by atoms with Crippen molar-refractivity contribution in [2.45, 2.75) is 110 Å². The van der Waals surface area contributed by atoms with Crippen LogP contribution in [0, 0.1) is 0 Å². The van der Waals surface area contributed by atoms with Crippen LogP contribution in [0.25, 0.3) is 0 Å². The lowest BCUT2D eigenvalue weighted by Gasteiger charge is -2.37. The molecule has 0 fully saturated rings. The highest BCUT2D eigenvalue weighted by molar-refractivity contribution is 7.52. The van der Waals surface area contributed by atoms with Gasteiger partial charge in [-0.3, -0.25) is 9.32 Å². The Bertz CT molecular complexity index is 682. The first kappa shape index (κ1) is 34.7. The molecule has 0 saturated carbocycles. The van der Waals surface area contributed by atoms with Crippen LogP contribution in [-0.4, -0.2) is 72.8 Å². The monoisotopic (exact) mass is 590 g/mol. The molecule has 0 heterocycles. The predicted octanol–water partition coefficient (Wildman–Crippen LogP) is 6.67. The summed E-state index contributed by atoms with van der Waals surface area (Å²) in [5, 5.41) is 0. The Kier molecular flexibility index (Phi) is 12.8. The molecule has 14 heteroatoms. The van der Waals surface area contributed by atoms with Gasteiger partial charge in [-0.15, -0.1) is 0 Å². The molecular weight excluding hydrogens is 540 g/mol. The van der Waals surface area contributed by atoms with Gasteiger partial charge in [-0.2, -0.15) is 0 Å². The molecule has 0 aliphatic heterocycles. The van der Waals surface area contributed by atoms with E-state index in [-0.39, 0.29) is 19.0 Å². The summed E-state index contributed by atoms with van der Waals surface area (Å²) in [7, 11) is -14.6. The van der Waals surface area contributed by atoms with Crippen molar-refractivity contribution >= 4 is 55.2 Å². The Morgan fingerprint density at radius 1 is 0.647 bits per heavy atom. The van der Waals surface area contributed by atoms with Crippen molar-refractivity contribution in [1.29, 1.82) is 0 Å². The van der Waals surface area contributed by atoms with Crippen LogP contribution in [0.15, 0.2) is 0 Å². The fourth-order valence-electron chi connectivity index (χ4n) is 2.64. The largest absolute Gasteiger partial charge is 0.455 e. The Morgan fingerprint density at radius 3 is 1.38 bits per heavy atom. The second-order valence-electron chi connectivity index (χ2n) is 13.4. The summed E-state index contributed by atoms with van der Waals surface area (Å²) in [5.41, 5.74) is 0. The van der Waals surface area contributed by atoms with Gasteiger partial charge in [0.25, 0.3) is 0 Å². The molecule has 0 N–H and O–H groups in total. The number of carbonyl (C=O) groups is 1. The van der Waals surface area contributed by atoms with Crippen LogP contribution in [0.4, 0.5) is 0 Å². The minimum Gasteiger partial charge on any atom is -0.410 e. The summed E-state index contributed by atoms with van der Waals surface area (Å²) >= 11 is 0. The maximum Gasteiger partial charge on any atom is 0.455 e. The molecule has 2 unspecified atom stereocenters. The third-order valence-corrected chi connectivity index (χ3v) is 13.1. The van der Waals surface area contributed by atoms with E-state index in [0.29, 0.717) is 0 Å². The minimum atomic E-state index is -3.87. The summed E-state index contributed by atoms with van der Waals surface area (Å²) in [6, 6.07) is 0. The molecule has 2 atom stereocenters. The van der Waals surface area contributed by atoms with Gasteiger partial charge < -0.3 is 21.7 Å². The van der Waals surface area contributed by atoms with Gasteiger partial charge in [0.15, 0.2) is 47.4 Å². The van der Waals surface area contributed by atoms with Gasteiger partial charge in [-0.1, -0.05) is 0 Å². The molecule has 0 aromatic carbocycles. The molecule has 0 aliphatic carbocycles. The van der Waals surface area contributed by atoms with Crippen LogP contribution in [-0.2, 0) is 35.6 Å².